The number of amides is 2. The van der Waals surface area contributed by atoms with Crippen molar-refractivity contribution in [3.63, 3.8) is 0 Å². The molecule has 1 saturated heterocycles. The highest BCUT2D eigenvalue weighted by Gasteiger charge is 2.38. The molecule has 0 radical (unpaired) electrons. The number of amidine groups is 1. The topological polar surface area (TPSA) is 97.8 Å². The van der Waals surface area contributed by atoms with Gasteiger partial charge in [-0.2, -0.15) is 0 Å². The third-order valence-corrected chi connectivity index (χ3v) is 8.64. The van der Waals surface area contributed by atoms with Crippen LogP contribution >= 0.6 is 23.5 Å². The largest absolute Gasteiger partial charge is 0.385 e. The van der Waals surface area contributed by atoms with Gasteiger partial charge in [-0.3, -0.25) is 19.9 Å². The number of nitrogens with one attached hydrogen (secondary N) is 3. The van der Waals surface area contributed by atoms with E-state index in [0.717, 1.165) is 44.7 Å². The van der Waals surface area contributed by atoms with Crippen molar-refractivity contribution in [2.45, 2.75) is 20.4 Å². The first-order valence-corrected chi connectivity index (χ1v) is 15.1. The Balaban J connectivity index is 0.000000230. The zero-order valence-electron chi connectivity index (χ0n) is 24.1. The van der Waals surface area contributed by atoms with E-state index >= 15 is 0 Å². The molecule has 0 bridgehead atoms. The first kappa shape index (κ1) is 31.0. The summed E-state index contributed by atoms with van der Waals surface area (Å²) in [7, 11) is 3.49. The summed E-state index contributed by atoms with van der Waals surface area (Å²) in [5, 5.41) is 15.4. The number of carbonyl (C=O) groups is 2. The van der Waals surface area contributed by atoms with Crippen molar-refractivity contribution >= 4 is 57.6 Å². The molecule has 3 N–H and O–H groups in total. The van der Waals surface area contributed by atoms with Crippen molar-refractivity contribution in [1.29, 1.82) is 5.41 Å². The molecule has 0 atom stereocenters. The Morgan fingerprint density at radius 3 is 2.17 bits per heavy atom. The zero-order valence-corrected chi connectivity index (χ0v) is 25.8. The quantitative estimate of drug-likeness (QED) is 0.249. The van der Waals surface area contributed by atoms with Gasteiger partial charge in [0.1, 0.15) is 11.5 Å². The average molecular weight is 602 g/mol. The third kappa shape index (κ3) is 7.64. The van der Waals surface area contributed by atoms with Crippen molar-refractivity contribution in [1.82, 2.24) is 9.80 Å². The molecule has 2 aliphatic rings. The van der Waals surface area contributed by atoms with E-state index in [2.05, 4.69) is 34.6 Å². The minimum Gasteiger partial charge on any atom is -0.385 e. The normalized spacial score (nSPS) is 16.5. The molecule has 0 aromatic heterocycles. The van der Waals surface area contributed by atoms with Crippen molar-refractivity contribution in [2.75, 3.05) is 37.9 Å². The number of rotatable bonds is 8. The van der Waals surface area contributed by atoms with E-state index in [1.165, 1.54) is 18.9 Å². The number of hydrogen-bond acceptors (Lipinski definition) is 8. The highest BCUT2D eigenvalue weighted by atomic mass is 32.2. The van der Waals surface area contributed by atoms with Crippen LogP contribution in [0.2, 0.25) is 0 Å². The van der Waals surface area contributed by atoms with Gasteiger partial charge in [0, 0.05) is 37.0 Å². The van der Waals surface area contributed by atoms with Crippen LogP contribution in [0, 0.1) is 5.41 Å². The predicted molar refractivity (Wildman–Crippen MR) is 175 cm³/mol. The van der Waals surface area contributed by atoms with Gasteiger partial charge in [-0.25, -0.2) is 0 Å². The molecule has 8 nitrogen and oxygen atoms in total. The van der Waals surface area contributed by atoms with E-state index in [4.69, 9.17) is 10.1 Å². The molecule has 42 heavy (non-hydrogen) atoms. The Morgan fingerprint density at radius 1 is 0.929 bits per heavy atom. The number of carbonyl (C=O) groups excluding carboxylic acids is 2. The van der Waals surface area contributed by atoms with Gasteiger partial charge in [-0.1, -0.05) is 72.4 Å². The minimum absolute atomic E-state index is 0.0783. The first-order valence-electron chi connectivity index (χ1n) is 13.5. The average Bonchev–Trinajstić information content (AvgIpc) is 3.44. The van der Waals surface area contributed by atoms with Crippen LogP contribution < -0.4 is 10.6 Å². The van der Waals surface area contributed by atoms with Crippen LogP contribution in [0.4, 0.5) is 11.4 Å². The molecule has 5 rings (SSSR count). The minimum atomic E-state index is -0.145. The molecule has 2 heterocycles. The summed E-state index contributed by atoms with van der Waals surface area (Å²) in [5.74, 6) is -0.237. The number of anilines is 2. The van der Waals surface area contributed by atoms with E-state index < -0.39 is 0 Å². The smallest absolute Gasteiger partial charge is 0.269 e. The van der Waals surface area contributed by atoms with Crippen LogP contribution in [-0.4, -0.2) is 54.1 Å². The molecule has 218 valence electrons. The van der Waals surface area contributed by atoms with Gasteiger partial charge in [-0.05, 0) is 61.0 Å². The highest BCUT2D eigenvalue weighted by Crippen LogP contribution is 2.49. The lowest BCUT2D eigenvalue weighted by atomic mass is 10.1. The lowest BCUT2D eigenvalue weighted by Gasteiger charge is -2.19. The maximum atomic E-state index is 13.1. The van der Waals surface area contributed by atoms with Gasteiger partial charge in [0.15, 0.2) is 5.17 Å². The van der Waals surface area contributed by atoms with Gasteiger partial charge in [0.25, 0.3) is 5.91 Å². The SMILES string of the molecule is CC1=C(c2ccccc2)N(C)/C(=C2/SC(=N)N(Cc3ccccc3)C2=O)S1.CCNc1ccc(NC(=O)COC)cc1. The summed E-state index contributed by atoms with van der Waals surface area (Å²) < 4.78 is 4.71. The zero-order chi connectivity index (χ0) is 30.1. The van der Waals surface area contributed by atoms with Gasteiger partial charge in [0.2, 0.25) is 5.91 Å². The standard InChI is InChI=1S/C21H19N3OS2.C11H16N2O2/c1-14-17(16-11-7-4-8-12-16)23(2)20(26-14)18-19(25)24(21(22)27-18)13-15-9-5-3-6-10-15;1-3-12-9-4-6-10(7-5-9)13-11(14)8-15-2/h3-12,22H,13H2,1-2H3;4-7,12H,3,8H2,1-2H3,(H,13,14)/b20-18-,22-21?;. The van der Waals surface area contributed by atoms with Crippen LogP contribution in [0.25, 0.3) is 5.70 Å². The number of hydrogen-bond donors (Lipinski definition) is 3. The lowest BCUT2D eigenvalue weighted by Crippen LogP contribution is -2.28. The summed E-state index contributed by atoms with van der Waals surface area (Å²) in [6, 6.07) is 27.6. The summed E-state index contributed by atoms with van der Waals surface area (Å²) in [4.78, 5) is 29.6. The number of thioether (sulfide) groups is 2. The number of methoxy groups -OCH3 is 1. The number of nitrogens with zero attached hydrogens (tertiary/aromatic N) is 2. The van der Waals surface area contributed by atoms with Gasteiger partial charge in [0.05, 0.1) is 17.3 Å². The van der Waals surface area contributed by atoms with E-state index in [1.54, 1.807) is 16.7 Å². The van der Waals surface area contributed by atoms with Gasteiger partial charge in [-0.15, -0.1) is 0 Å². The second-order valence-corrected chi connectivity index (χ2v) is 11.6. The van der Waals surface area contributed by atoms with E-state index in [1.807, 2.05) is 86.8 Å². The molecular weight excluding hydrogens is 567 g/mol. The third-order valence-electron chi connectivity index (χ3n) is 6.36. The molecule has 2 aliphatic heterocycles. The fraction of sp³-hybridized carbons (Fsp3) is 0.219. The van der Waals surface area contributed by atoms with Crippen LogP contribution in [-0.2, 0) is 20.9 Å². The van der Waals surface area contributed by atoms with Crippen molar-refractivity contribution < 1.29 is 14.3 Å². The maximum absolute atomic E-state index is 13.1. The number of allylic oxidation sites excluding steroid dienone is 1. The van der Waals surface area contributed by atoms with E-state index in [0.29, 0.717) is 11.4 Å². The fourth-order valence-electron chi connectivity index (χ4n) is 4.45. The van der Waals surface area contributed by atoms with Crippen LogP contribution in [0.15, 0.2) is 99.8 Å². The van der Waals surface area contributed by atoms with Crippen LogP contribution in [0.1, 0.15) is 25.0 Å². The molecule has 0 saturated carbocycles. The number of benzene rings is 3. The Labute approximate surface area is 255 Å². The summed E-state index contributed by atoms with van der Waals surface area (Å²) in [6.07, 6.45) is 0. The molecule has 3 aromatic rings. The monoisotopic (exact) mass is 601 g/mol. The Morgan fingerprint density at radius 2 is 1.55 bits per heavy atom. The van der Waals surface area contributed by atoms with Gasteiger partial charge < -0.3 is 20.3 Å². The summed E-state index contributed by atoms with van der Waals surface area (Å²) in [6.45, 7) is 5.50. The lowest BCUT2D eigenvalue weighted by molar-refractivity contribution is -0.122. The summed E-state index contributed by atoms with van der Waals surface area (Å²) >= 11 is 2.86. The van der Waals surface area contributed by atoms with Crippen molar-refractivity contribution in [3.05, 3.63) is 111 Å². The van der Waals surface area contributed by atoms with Crippen LogP contribution in [0.5, 0.6) is 0 Å². The van der Waals surface area contributed by atoms with E-state index in [-0.39, 0.29) is 23.6 Å². The fourth-order valence-corrected chi connectivity index (χ4v) is 6.62. The van der Waals surface area contributed by atoms with E-state index in [9.17, 15) is 9.59 Å². The molecule has 1 fully saturated rings. The summed E-state index contributed by atoms with van der Waals surface area (Å²) in [5.41, 5.74) is 5.09. The molecule has 3 aromatic carbocycles. The highest BCUT2D eigenvalue weighted by molar-refractivity contribution is 8.19. The van der Waals surface area contributed by atoms with Crippen molar-refractivity contribution in [3.8, 4) is 0 Å². The second-order valence-electron chi connectivity index (χ2n) is 9.44. The van der Waals surface area contributed by atoms with Crippen molar-refractivity contribution in [2.24, 2.45) is 0 Å². The molecule has 0 spiro atoms. The first-order chi connectivity index (χ1) is 20.3. The predicted octanol–water partition coefficient (Wildman–Crippen LogP) is 6.64. The Bertz CT molecular complexity index is 1480. The maximum Gasteiger partial charge on any atom is 0.269 e. The van der Waals surface area contributed by atoms with Gasteiger partial charge >= 0.3 is 0 Å². The molecule has 0 unspecified atom stereocenters. The molecule has 2 amide bonds. The number of ether oxygens (including phenoxy) is 1. The molecule has 0 aliphatic carbocycles. The molecular formula is C32H35N5O3S2. The molecule has 10 heteroatoms. The second kappa shape index (κ2) is 14.8. The van der Waals surface area contributed by atoms with Crippen LogP contribution in [0.3, 0.4) is 0 Å². The Hall–Kier alpha value is -3.99. The Kier molecular flexibility index (Phi) is 10.9.